The van der Waals surface area contributed by atoms with Crippen molar-refractivity contribution in [3.8, 4) is 11.1 Å². The molecule has 0 spiro atoms. The smallest absolute Gasteiger partial charge is 0.0437 e. The van der Waals surface area contributed by atoms with Crippen LogP contribution in [0.5, 0.6) is 0 Å². The maximum Gasteiger partial charge on any atom is 0.0437 e. The van der Waals surface area contributed by atoms with E-state index < -0.39 is 0 Å². The van der Waals surface area contributed by atoms with Crippen molar-refractivity contribution < 1.29 is 0 Å². The molecule has 0 nitrogen and oxygen atoms in total. The Labute approximate surface area is 245 Å². The summed E-state index contributed by atoms with van der Waals surface area (Å²) in [7, 11) is 0. The van der Waals surface area contributed by atoms with E-state index in [0.29, 0.717) is 0 Å². The second-order valence-electron chi connectivity index (χ2n) is 11.6. The van der Waals surface area contributed by atoms with Gasteiger partial charge in [0.05, 0.1) is 0 Å². The number of hydrogen-bond acceptors (Lipinski definition) is 0. The molecule has 0 saturated heterocycles. The molecule has 0 saturated carbocycles. The van der Waals surface area contributed by atoms with Crippen molar-refractivity contribution >= 4 is 53.9 Å². The summed E-state index contributed by atoms with van der Waals surface area (Å²) in [5.74, 6) is 0. The van der Waals surface area contributed by atoms with Gasteiger partial charge in [0.1, 0.15) is 0 Å². The second kappa shape index (κ2) is 8.90. The lowest BCUT2D eigenvalue weighted by Gasteiger charge is -2.37. The summed E-state index contributed by atoms with van der Waals surface area (Å²) in [4.78, 5) is 0. The fourth-order valence-corrected chi connectivity index (χ4v) is 7.79. The van der Waals surface area contributed by atoms with E-state index in [9.17, 15) is 0 Å². The zero-order chi connectivity index (χ0) is 27.7. The van der Waals surface area contributed by atoms with Crippen LogP contribution in [0.4, 0.5) is 0 Å². The molecule has 8 aromatic carbocycles. The van der Waals surface area contributed by atoms with E-state index in [0.717, 1.165) is 6.42 Å². The van der Waals surface area contributed by atoms with Crippen LogP contribution in [0.2, 0.25) is 0 Å². The van der Waals surface area contributed by atoms with Gasteiger partial charge in [0, 0.05) is 5.41 Å². The second-order valence-corrected chi connectivity index (χ2v) is 11.6. The molecule has 1 aliphatic carbocycles. The standard InChI is InChI=1S/C42H28/c1-3-12-28(13-4-1)39-32-16-5-7-18-34(32)41(35-19-8-6-17-33(35)39)42(26-9-2-10-27-42)37-25-23-31-21-20-29-14-11-15-30-22-24-36(37)40(31)38(29)30/h1-26H,27H2. The van der Waals surface area contributed by atoms with Crippen molar-refractivity contribution in [2.24, 2.45) is 0 Å². The molecule has 0 radical (unpaired) electrons. The first-order chi connectivity index (χ1) is 20.8. The number of benzene rings is 8. The first-order valence-corrected chi connectivity index (χ1v) is 14.8. The monoisotopic (exact) mass is 532 g/mol. The molecule has 0 bridgehead atoms. The lowest BCUT2D eigenvalue weighted by Crippen LogP contribution is -2.27. The summed E-state index contributed by atoms with van der Waals surface area (Å²) >= 11 is 0. The van der Waals surface area contributed by atoms with Crippen molar-refractivity contribution in [3.63, 3.8) is 0 Å². The number of allylic oxidation sites excluding steroid dienone is 4. The Hall–Kier alpha value is -5.20. The fourth-order valence-electron chi connectivity index (χ4n) is 7.79. The predicted octanol–water partition coefficient (Wildman–Crippen LogP) is 11.4. The topological polar surface area (TPSA) is 0 Å². The first kappa shape index (κ1) is 23.5. The Bertz CT molecular complexity index is 2300. The molecule has 0 heterocycles. The van der Waals surface area contributed by atoms with Crippen LogP contribution >= 0.6 is 0 Å². The molecular weight excluding hydrogens is 504 g/mol. The molecular formula is C42H28. The van der Waals surface area contributed by atoms with E-state index in [4.69, 9.17) is 0 Å². The van der Waals surface area contributed by atoms with Gasteiger partial charge in [-0.2, -0.15) is 0 Å². The van der Waals surface area contributed by atoms with Gasteiger partial charge in [-0.3, -0.25) is 0 Å². The Balaban J connectivity index is 1.47. The summed E-state index contributed by atoms with van der Waals surface area (Å²) in [6.45, 7) is 0. The lowest BCUT2D eigenvalue weighted by molar-refractivity contribution is 0.665. The van der Waals surface area contributed by atoms with Crippen LogP contribution in [0, 0.1) is 0 Å². The van der Waals surface area contributed by atoms with Crippen LogP contribution in [0.1, 0.15) is 17.5 Å². The molecule has 196 valence electrons. The van der Waals surface area contributed by atoms with Gasteiger partial charge in [0.2, 0.25) is 0 Å². The van der Waals surface area contributed by atoms with E-state index >= 15 is 0 Å². The molecule has 0 N–H and O–H groups in total. The van der Waals surface area contributed by atoms with Crippen molar-refractivity contribution in [2.45, 2.75) is 11.8 Å². The van der Waals surface area contributed by atoms with Gasteiger partial charge in [-0.15, -0.1) is 0 Å². The quantitative estimate of drug-likeness (QED) is 0.157. The number of rotatable bonds is 3. The third-order valence-corrected chi connectivity index (χ3v) is 9.52. The molecule has 0 fully saturated rings. The molecule has 0 heteroatoms. The van der Waals surface area contributed by atoms with Crippen LogP contribution in [0.15, 0.2) is 158 Å². The Morgan fingerprint density at radius 3 is 1.69 bits per heavy atom. The van der Waals surface area contributed by atoms with E-state index in [1.54, 1.807) is 0 Å². The minimum atomic E-state index is -0.328. The highest BCUT2D eigenvalue weighted by Crippen LogP contribution is 2.51. The minimum Gasteiger partial charge on any atom is -0.0830 e. The summed E-state index contributed by atoms with van der Waals surface area (Å²) in [5.41, 5.74) is 5.00. The lowest BCUT2D eigenvalue weighted by atomic mass is 9.65. The summed E-state index contributed by atoms with van der Waals surface area (Å²) in [6.07, 6.45) is 10.2. The van der Waals surface area contributed by atoms with Crippen LogP contribution in [-0.4, -0.2) is 0 Å². The Morgan fingerprint density at radius 1 is 0.429 bits per heavy atom. The average Bonchev–Trinajstić information content (AvgIpc) is 3.06. The highest BCUT2D eigenvalue weighted by atomic mass is 14.4. The molecule has 0 aromatic heterocycles. The van der Waals surface area contributed by atoms with Gasteiger partial charge in [0.15, 0.2) is 0 Å². The van der Waals surface area contributed by atoms with E-state index in [-0.39, 0.29) is 5.41 Å². The van der Waals surface area contributed by atoms with Gasteiger partial charge in [-0.05, 0) is 82.5 Å². The minimum absolute atomic E-state index is 0.328. The van der Waals surface area contributed by atoms with Crippen molar-refractivity contribution in [1.82, 2.24) is 0 Å². The molecule has 1 aliphatic rings. The van der Waals surface area contributed by atoms with E-state index in [2.05, 4.69) is 158 Å². The molecule has 0 aliphatic heterocycles. The van der Waals surface area contributed by atoms with E-state index in [1.165, 1.54) is 76.1 Å². The SMILES string of the molecule is C1=CCC(c2c3ccccc3c(-c3ccccc3)c3ccccc23)(c2ccc3ccc4cccc5ccc2c3c45)C=C1. The van der Waals surface area contributed by atoms with Crippen LogP contribution in [-0.2, 0) is 5.41 Å². The number of fused-ring (bicyclic) bond motifs is 2. The molecule has 1 atom stereocenters. The molecule has 9 rings (SSSR count). The maximum absolute atomic E-state index is 2.47. The van der Waals surface area contributed by atoms with Crippen molar-refractivity contribution in [1.29, 1.82) is 0 Å². The van der Waals surface area contributed by atoms with Crippen molar-refractivity contribution in [2.75, 3.05) is 0 Å². The highest BCUT2D eigenvalue weighted by molar-refractivity contribution is 6.24. The maximum atomic E-state index is 2.47. The molecule has 1 unspecified atom stereocenters. The van der Waals surface area contributed by atoms with E-state index in [1.807, 2.05) is 0 Å². The zero-order valence-electron chi connectivity index (χ0n) is 23.2. The zero-order valence-corrected chi connectivity index (χ0v) is 23.2. The third-order valence-electron chi connectivity index (χ3n) is 9.52. The molecule has 42 heavy (non-hydrogen) atoms. The molecule has 0 amide bonds. The Kier molecular flexibility index (Phi) is 4.98. The first-order valence-electron chi connectivity index (χ1n) is 14.8. The fraction of sp³-hybridized carbons (Fsp3) is 0.0476. The van der Waals surface area contributed by atoms with Crippen LogP contribution < -0.4 is 0 Å². The van der Waals surface area contributed by atoms with Gasteiger partial charge in [-0.25, -0.2) is 0 Å². The van der Waals surface area contributed by atoms with Crippen molar-refractivity contribution in [3.05, 3.63) is 169 Å². The molecule has 8 aromatic rings. The van der Waals surface area contributed by atoms with Gasteiger partial charge in [0.25, 0.3) is 0 Å². The predicted molar refractivity (Wildman–Crippen MR) is 181 cm³/mol. The average molecular weight is 533 g/mol. The third kappa shape index (κ3) is 3.18. The summed E-state index contributed by atoms with van der Waals surface area (Å²) in [5, 5.41) is 13.2. The summed E-state index contributed by atoms with van der Waals surface area (Å²) < 4.78 is 0. The highest BCUT2D eigenvalue weighted by Gasteiger charge is 2.37. The largest absolute Gasteiger partial charge is 0.0830 e. The number of hydrogen-bond donors (Lipinski definition) is 0. The van der Waals surface area contributed by atoms with Gasteiger partial charge < -0.3 is 0 Å². The summed E-state index contributed by atoms with van der Waals surface area (Å²) in [6, 6.07) is 49.6. The van der Waals surface area contributed by atoms with Crippen LogP contribution in [0.3, 0.4) is 0 Å². The Morgan fingerprint density at radius 2 is 1.02 bits per heavy atom. The van der Waals surface area contributed by atoms with Crippen LogP contribution in [0.25, 0.3) is 65.0 Å². The van der Waals surface area contributed by atoms with Gasteiger partial charge in [-0.1, -0.05) is 158 Å². The van der Waals surface area contributed by atoms with Gasteiger partial charge >= 0.3 is 0 Å². The normalized spacial score (nSPS) is 16.9.